The van der Waals surface area contributed by atoms with Crippen molar-refractivity contribution in [1.29, 1.82) is 0 Å². The van der Waals surface area contributed by atoms with E-state index in [2.05, 4.69) is 20.7 Å². The molecule has 0 saturated carbocycles. The van der Waals surface area contributed by atoms with E-state index >= 15 is 0 Å². The van der Waals surface area contributed by atoms with Gasteiger partial charge in [0.15, 0.2) is 18.3 Å². The number of nitro groups is 1. The van der Waals surface area contributed by atoms with Gasteiger partial charge in [0, 0.05) is 10.9 Å². The van der Waals surface area contributed by atoms with Crippen molar-refractivity contribution in [3.63, 3.8) is 0 Å². The molecular weight excluding hydrogens is 363 g/mol. The van der Waals surface area contributed by atoms with Crippen LogP contribution in [0.15, 0.2) is 12.1 Å². The second-order valence-electron chi connectivity index (χ2n) is 3.75. The van der Waals surface area contributed by atoms with Crippen LogP contribution in [0.3, 0.4) is 0 Å². The van der Waals surface area contributed by atoms with Gasteiger partial charge in [-0.1, -0.05) is 15.9 Å². The van der Waals surface area contributed by atoms with E-state index in [-0.39, 0.29) is 22.5 Å². The number of halogens is 4. The lowest BCUT2D eigenvalue weighted by molar-refractivity contribution is -0.385. The van der Waals surface area contributed by atoms with Crippen molar-refractivity contribution in [3.05, 3.63) is 27.8 Å². The highest BCUT2D eigenvalue weighted by Crippen LogP contribution is 2.35. The summed E-state index contributed by atoms with van der Waals surface area (Å²) in [6, 6.07) is 2.44. The maximum Gasteiger partial charge on any atom is 0.411 e. The van der Waals surface area contributed by atoms with Gasteiger partial charge >= 0.3 is 6.18 Å². The van der Waals surface area contributed by atoms with Crippen LogP contribution in [0.2, 0.25) is 0 Å². The van der Waals surface area contributed by atoms with E-state index in [1.165, 1.54) is 13.2 Å². The maximum atomic E-state index is 11.9. The molecule has 10 heteroatoms. The molecule has 0 fully saturated rings. The van der Waals surface area contributed by atoms with Crippen LogP contribution in [-0.4, -0.2) is 31.6 Å². The van der Waals surface area contributed by atoms with Gasteiger partial charge in [-0.05, 0) is 6.07 Å². The van der Waals surface area contributed by atoms with Crippen molar-refractivity contribution in [2.75, 3.05) is 20.5 Å². The van der Waals surface area contributed by atoms with Gasteiger partial charge in [-0.25, -0.2) is 0 Å². The third-order valence-electron chi connectivity index (χ3n) is 2.27. The molecule has 0 aliphatic heterocycles. The molecule has 0 saturated heterocycles. The molecule has 0 spiro atoms. The minimum atomic E-state index is -4.47. The Kier molecular flexibility index (Phi) is 6.21. The molecule has 0 bridgehead atoms. The molecule has 0 N–H and O–H groups in total. The molecule has 6 nitrogen and oxygen atoms in total. The van der Waals surface area contributed by atoms with E-state index in [9.17, 15) is 23.3 Å². The van der Waals surface area contributed by atoms with Gasteiger partial charge in [0.2, 0.25) is 0 Å². The Morgan fingerprint density at radius 2 is 2.00 bits per heavy atom. The van der Waals surface area contributed by atoms with E-state index in [4.69, 9.17) is 9.47 Å². The van der Waals surface area contributed by atoms with Crippen molar-refractivity contribution >= 4 is 21.6 Å². The lowest BCUT2D eigenvalue weighted by atomic mass is 10.2. The zero-order valence-electron chi connectivity index (χ0n) is 10.8. The summed E-state index contributed by atoms with van der Waals surface area (Å²) in [5, 5.41) is 11.1. The van der Waals surface area contributed by atoms with Crippen molar-refractivity contribution in [3.8, 4) is 11.5 Å². The Labute approximate surface area is 126 Å². The Morgan fingerprint density at radius 3 is 2.48 bits per heavy atom. The van der Waals surface area contributed by atoms with Gasteiger partial charge in [-0.2, -0.15) is 13.2 Å². The predicted octanol–water partition coefficient (Wildman–Crippen LogP) is 3.41. The summed E-state index contributed by atoms with van der Waals surface area (Å²) >= 11 is 3.10. The highest BCUT2D eigenvalue weighted by molar-refractivity contribution is 9.08. The van der Waals surface area contributed by atoms with Crippen LogP contribution in [0.4, 0.5) is 18.9 Å². The molecule has 0 unspecified atom stereocenters. The molecule has 1 aromatic rings. The number of methoxy groups -OCH3 is 1. The van der Waals surface area contributed by atoms with E-state index < -0.39 is 24.5 Å². The second-order valence-corrected chi connectivity index (χ2v) is 4.31. The smallest absolute Gasteiger partial charge is 0.411 e. The quantitative estimate of drug-likeness (QED) is 0.241. The molecule has 0 aromatic heterocycles. The Hall–Kier alpha value is -1.55. The summed E-state index contributed by atoms with van der Waals surface area (Å²) in [6.07, 6.45) is -4.47. The van der Waals surface area contributed by atoms with Crippen molar-refractivity contribution < 1.29 is 32.3 Å². The SMILES string of the molecule is COc1cc(CBr)c([N+](=O)[O-])cc1OCOCC(F)(F)F. The summed E-state index contributed by atoms with van der Waals surface area (Å²) < 4.78 is 49.9. The first kappa shape index (κ1) is 17.5. The summed E-state index contributed by atoms with van der Waals surface area (Å²) in [4.78, 5) is 10.3. The van der Waals surface area contributed by atoms with E-state index in [1.807, 2.05) is 0 Å². The Bertz CT molecular complexity index is 509. The summed E-state index contributed by atoms with van der Waals surface area (Å²) in [5.41, 5.74) is 0.110. The van der Waals surface area contributed by atoms with Crippen LogP contribution >= 0.6 is 15.9 Å². The zero-order chi connectivity index (χ0) is 16.0. The average Bonchev–Trinajstić information content (AvgIpc) is 2.41. The fourth-order valence-electron chi connectivity index (χ4n) is 1.40. The number of benzene rings is 1. The van der Waals surface area contributed by atoms with Crippen molar-refractivity contribution in [2.45, 2.75) is 11.5 Å². The molecule has 0 radical (unpaired) electrons. The van der Waals surface area contributed by atoms with E-state index in [0.717, 1.165) is 6.07 Å². The number of hydrogen-bond acceptors (Lipinski definition) is 5. The van der Waals surface area contributed by atoms with Crippen LogP contribution in [0, 0.1) is 10.1 Å². The van der Waals surface area contributed by atoms with Gasteiger partial charge in [0.1, 0.15) is 6.61 Å². The van der Waals surface area contributed by atoms with E-state index in [0.29, 0.717) is 5.56 Å². The third-order valence-corrected chi connectivity index (χ3v) is 2.87. The first-order valence-corrected chi connectivity index (χ1v) is 6.59. The highest BCUT2D eigenvalue weighted by Gasteiger charge is 2.27. The number of alkyl halides is 4. The number of hydrogen-bond donors (Lipinski definition) is 0. The number of nitro benzene ring substituents is 1. The lowest BCUT2D eigenvalue weighted by Gasteiger charge is -2.13. The predicted molar refractivity (Wildman–Crippen MR) is 69.8 cm³/mol. The van der Waals surface area contributed by atoms with Crippen molar-refractivity contribution in [2.24, 2.45) is 0 Å². The molecule has 0 heterocycles. The molecule has 0 aliphatic rings. The van der Waals surface area contributed by atoms with Crippen LogP contribution in [0.25, 0.3) is 0 Å². The van der Waals surface area contributed by atoms with Gasteiger partial charge in [0.05, 0.1) is 18.1 Å². The number of nitrogens with zero attached hydrogens (tertiary/aromatic N) is 1. The minimum absolute atomic E-state index is 0.0731. The molecule has 118 valence electrons. The molecule has 0 aliphatic carbocycles. The second kappa shape index (κ2) is 7.46. The van der Waals surface area contributed by atoms with Crippen LogP contribution in [0.5, 0.6) is 11.5 Å². The molecule has 1 rings (SSSR count). The van der Waals surface area contributed by atoms with Crippen LogP contribution in [-0.2, 0) is 10.1 Å². The highest BCUT2D eigenvalue weighted by atomic mass is 79.9. The Balaban J connectivity index is 2.85. The standard InChI is InChI=1S/C11H11BrF3NO5/c1-19-9-2-7(4-12)8(16(17)18)3-10(9)21-6-20-5-11(13,14)15/h2-3H,4-6H2,1H3. The summed E-state index contributed by atoms with van der Waals surface area (Å²) in [7, 11) is 1.31. The zero-order valence-corrected chi connectivity index (χ0v) is 12.4. The van der Waals surface area contributed by atoms with Gasteiger partial charge in [-0.15, -0.1) is 0 Å². The van der Waals surface area contributed by atoms with Crippen molar-refractivity contribution in [1.82, 2.24) is 0 Å². The van der Waals surface area contributed by atoms with E-state index in [1.54, 1.807) is 0 Å². The van der Waals surface area contributed by atoms with Gasteiger partial charge in [0.25, 0.3) is 5.69 Å². The lowest BCUT2D eigenvalue weighted by Crippen LogP contribution is -2.19. The number of ether oxygens (including phenoxy) is 3. The maximum absolute atomic E-state index is 11.9. The molecule has 0 atom stereocenters. The van der Waals surface area contributed by atoms with Crippen LogP contribution < -0.4 is 9.47 Å². The summed E-state index contributed by atoms with van der Waals surface area (Å²) in [5.74, 6) is 0.0849. The molecule has 21 heavy (non-hydrogen) atoms. The monoisotopic (exact) mass is 373 g/mol. The normalized spacial score (nSPS) is 11.3. The van der Waals surface area contributed by atoms with Gasteiger partial charge < -0.3 is 14.2 Å². The number of rotatable bonds is 7. The fraction of sp³-hybridized carbons (Fsp3) is 0.455. The first-order chi connectivity index (χ1) is 9.78. The largest absolute Gasteiger partial charge is 0.493 e. The first-order valence-electron chi connectivity index (χ1n) is 5.47. The molecular formula is C11H11BrF3NO5. The van der Waals surface area contributed by atoms with Crippen LogP contribution in [0.1, 0.15) is 5.56 Å². The fourth-order valence-corrected chi connectivity index (χ4v) is 1.85. The van der Waals surface area contributed by atoms with Gasteiger partial charge in [-0.3, -0.25) is 10.1 Å². The summed E-state index contributed by atoms with van der Waals surface area (Å²) in [6.45, 7) is -2.18. The third kappa shape index (κ3) is 5.38. The minimum Gasteiger partial charge on any atom is -0.493 e. The topological polar surface area (TPSA) is 70.8 Å². The average molecular weight is 374 g/mol. The molecule has 0 amide bonds. The Morgan fingerprint density at radius 1 is 1.33 bits per heavy atom. The molecule has 1 aromatic carbocycles.